The molecule has 0 aromatic carbocycles. The van der Waals surface area contributed by atoms with Gasteiger partial charge in [-0.3, -0.25) is 0 Å². The Kier molecular flexibility index (Phi) is 0.718. The zero-order valence-electron chi connectivity index (χ0n) is 5.42. The van der Waals surface area contributed by atoms with Gasteiger partial charge in [0.2, 0.25) is 0 Å². The SMILES string of the molecule is CC1OC=C(O)C12CC2. The third kappa shape index (κ3) is 0.460. The van der Waals surface area contributed by atoms with E-state index < -0.39 is 0 Å². The van der Waals surface area contributed by atoms with Crippen LogP contribution in [-0.2, 0) is 4.74 Å². The average Bonchev–Trinajstić information content (AvgIpc) is 2.56. The summed E-state index contributed by atoms with van der Waals surface area (Å²) in [5.74, 6) is 0.454. The molecular weight excluding hydrogens is 116 g/mol. The number of aliphatic hydroxyl groups excluding tert-OH is 1. The van der Waals surface area contributed by atoms with Crippen LogP contribution in [0.3, 0.4) is 0 Å². The maximum atomic E-state index is 9.23. The molecular formula is C7H10O2. The molecule has 0 aromatic rings. The van der Waals surface area contributed by atoms with Crippen LogP contribution in [0.2, 0.25) is 0 Å². The van der Waals surface area contributed by atoms with Gasteiger partial charge in [0.25, 0.3) is 0 Å². The summed E-state index contributed by atoms with van der Waals surface area (Å²) in [5.41, 5.74) is 0.0556. The molecule has 0 bridgehead atoms. The van der Waals surface area contributed by atoms with E-state index in [0.717, 1.165) is 12.8 Å². The van der Waals surface area contributed by atoms with Crippen molar-refractivity contribution in [3.05, 3.63) is 12.0 Å². The molecule has 0 saturated heterocycles. The molecule has 1 spiro atoms. The van der Waals surface area contributed by atoms with Crippen molar-refractivity contribution in [2.24, 2.45) is 5.41 Å². The van der Waals surface area contributed by atoms with Gasteiger partial charge in [-0.2, -0.15) is 0 Å². The van der Waals surface area contributed by atoms with Gasteiger partial charge in [0.15, 0.2) is 0 Å². The molecule has 9 heavy (non-hydrogen) atoms. The van der Waals surface area contributed by atoms with Crippen LogP contribution in [0.15, 0.2) is 12.0 Å². The first-order valence-electron chi connectivity index (χ1n) is 3.31. The Morgan fingerprint density at radius 1 is 1.78 bits per heavy atom. The van der Waals surface area contributed by atoms with Gasteiger partial charge in [0.1, 0.15) is 18.1 Å². The molecule has 1 N–H and O–H groups in total. The average molecular weight is 126 g/mol. The van der Waals surface area contributed by atoms with Crippen molar-refractivity contribution in [1.82, 2.24) is 0 Å². The lowest BCUT2D eigenvalue weighted by molar-refractivity contribution is 0.135. The van der Waals surface area contributed by atoms with Crippen molar-refractivity contribution in [3.8, 4) is 0 Å². The van der Waals surface area contributed by atoms with Crippen molar-refractivity contribution >= 4 is 0 Å². The van der Waals surface area contributed by atoms with E-state index in [2.05, 4.69) is 0 Å². The molecule has 2 nitrogen and oxygen atoms in total. The first-order valence-corrected chi connectivity index (χ1v) is 3.31. The van der Waals surface area contributed by atoms with Crippen molar-refractivity contribution in [1.29, 1.82) is 0 Å². The molecule has 2 aliphatic rings. The molecule has 1 unspecified atom stereocenters. The van der Waals surface area contributed by atoms with E-state index in [4.69, 9.17) is 4.74 Å². The molecule has 1 atom stereocenters. The van der Waals surface area contributed by atoms with E-state index in [0.29, 0.717) is 5.76 Å². The van der Waals surface area contributed by atoms with E-state index in [9.17, 15) is 5.11 Å². The molecule has 2 rings (SSSR count). The Labute approximate surface area is 54.1 Å². The van der Waals surface area contributed by atoms with E-state index >= 15 is 0 Å². The quantitative estimate of drug-likeness (QED) is 0.534. The first kappa shape index (κ1) is 5.15. The van der Waals surface area contributed by atoms with E-state index in [-0.39, 0.29) is 11.5 Å². The van der Waals surface area contributed by atoms with E-state index in [1.54, 1.807) is 0 Å². The first-order chi connectivity index (χ1) is 4.26. The van der Waals surface area contributed by atoms with Crippen LogP contribution in [0.5, 0.6) is 0 Å². The lowest BCUT2D eigenvalue weighted by Crippen LogP contribution is -2.15. The number of hydrogen-bond acceptors (Lipinski definition) is 2. The zero-order chi connectivity index (χ0) is 6.48. The fourth-order valence-electron chi connectivity index (χ4n) is 1.42. The van der Waals surface area contributed by atoms with Crippen molar-refractivity contribution in [3.63, 3.8) is 0 Å². The molecule has 0 radical (unpaired) electrons. The van der Waals surface area contributed by atoms with Gasteiger partial charge in [-0.05, 0) is 19.8 Å². The molecule has 2 heteroatoms. The van der Waals surface area contributed by atoms with Gasteiger partial charge in [0.05, 0.1) is 5.41 Å². The van der Waals surface area contributed by atoms with Crippen LogP contribution < -0.4 is 0 Å². The van der Waals surface area contributed by atoms with Crippen molar-refractivity contribution < 1.29 is 9.84 Å². The highest BCUT2D eigenvalue weighted by Gasteiger charge is 2.55. The summed E-state index contributed by atoms with van der Waals surface area (Å²) in [6.45, 7) is 2.01. The van der Waals surface area contributed by atoms with Crippen LogP contribution in [0.1, 0.15) is 19.8 Å². The number of aliphatic hydroxyl groups is 1. The fraction of sp³-hybridized carbons (Fsp3) is 0.714. The normalized spacial score (nSPS) is 36.1. The third-order valence-electron chi connectivity index (χ3n) is 2.46. The van der Waals surface area contributed by atoms with Gasteiger partial charge in [-0.15, -0.1) is 0 Å². The molecule has 0 aromatic heterocycles. The topological polar surface area (TPSA) is 29.5 Å². The van der Waals surface area contributed by atoms with Gasteiger partial charge < -0.3 is 9.84 Å². The molecule has 1 saturated carbocycles. The Hall–Kier alpha value is -0.660. The summed E-state index contributed by atoms with van der Waals surface area (Å²) >= 11 is 0. The maximum Gasteiger partial charge on any atom is 0.136 e. The Bertz CT molecular complexity index is 168. The highest BCUT2D eigenvalue weighted by molar-refractivity contribution is 5.20. The van der Waals surface area contributed by atoms with E-state index in [1.165, 1.54) is 6.26 Å². The smallest absolute Gasteiger partial charge is 0.136 e. The monoisotopic (exact) mass is 126 g/mol. The molecule has 1 aliphatic carbocycles. The van der Waals surface area contributed by atoms with Crippen LogP contribution in [0, 0.1) is 5.41 Å². The fourth-order valence-corrected chi connectivity index (χ4v) is 1.42. The molecule has 1 fully saturated rings. The maximum absolute atomic E-state index is 9.23. The van der Waals surface area contributed by atoms with Gasteiger partial charge in [0, 0.05) is 0 Å². The lowest BCUT2D eigenvalue weighted by atomic mass is 10.0. The minimum absolute atomic E-state index is 0.0556. The summed E-state index contributed by atoms with van der Waals surface area (Å²) < 4.78 is 5.13. The molecule has 50 valence electrons. The lowest BCUT2D eigenvalue weighted by Gasteiger charge is -2.11. The van der Waals surface area contributed by atoms with Gasteiger partial charge in [-0.25, -0.2) is 0 Å². The van der Waals surface area contributed by atoms with Crippen LogP contribution in [-0.4, -0.2) is 11.2 Å². The second kappa shape index (κ2) is 1.25. The summed E-state index contributed by atoms with van der Waals surface area (Å²) in [6.07, 6.45) is 3.88. The van der Waals surface area contributed by atoms with Crippen molar-refractivity contribution in [2.75, 3.05) is 0 Å². The van der Waals surface area contributed by atoms with Crippen LogP contribution >= 0.6 is 0 Å². The van der Waals surface area contributed by atoms with Crippen LogP contribution in [0.25, 0.3) is 0 Å². The number of ether oxygens (including phenoxy) is 1. The van der Waals surface area contributed by atoms with Gasteiger partial charge in [-0.1, -0.05) is 0 Å². The molecule has 1 heterocycles. The largest absolute Gasteiger partial charge is 0.508 e. The predicted octanol–water partition coefficient (Wildman–Crippen LogP) is 1.58. The summed E-state index contributed by atoms with van der Waals surface area (Å²) in [6, 6.07) is 0. The number of rotatable bonds is 0. The Balaban J connectivity index is 2.28. The summed E-state index contributed by atoms with van der Waals surface area (Å²) in [7, 11) is 0. The van der Waals surface area contributed by atoms with Crippen LogP contribution in [0.4, 0.5) is 0 Å². The highest BCUT2D eigenvalue weighted by Crippen LogP contribution is 2.57. The third-order valence-corrected chi connectivity index (χ3v) is 2.46. The zero-order valence-corrected chi connectivity index (χ0v) is 5.42. The summed E-state index contributed by atoms with van der Waals surface area (Å²) in [5, 5.41) is 9.23. The minimum Gasteiger partial charge on any atom is -0.508 e. The molecule has 1 aliphatic heterocycles. The van der Waals surface area contributed by atoms with Crippen molar-refractivity contribution in [2.45, 2.75) is 25.9 Å². The predicted molar refractivity (Wildman–Crippen MR) is 32.9 cm³/mol. The van der Waals surface area contributed by atoms with E-state index in [1.807, 2.05) is 6.92 Å². The van der Waals surface area contributed by atoms with Gasteiger partial charge >= 0.3 is 0 Å². The Morgan fingerprint density at radius 3 is 2.67 bits per heavy atom. The minimum atomic E-state index is 0.0556. The Morgan fingerprint density at radius 2 is 2.44 bits per heavy atom. The second-order valence-corrected chi connectivity index (χ2v) is 2.94. The standard InChI is InChI=1S/C7H10O2/c1-5-7(2-3-7)6(8)4-9-5/h4-5,8H,2-3H2,1H3. The second-order valence-electron chi connectivity index (χ2n) is 2.94. The summed E-state index contributed by atoms with van der Waals surface area (Å²) in [4.78, 5) is 0. The molecule has 0 amide bonds. The highest BCUT2D eigenvalue weighted by atomic mass is 16.5. The number of hydrogen-bond donors (Lipinski definition) is 1.